The topological polar surface area (TPSA) is 55.4 Å². The van der Waals surface area contributed by atoms with Crippen molar-refractivity contribution in [2.24, 2.45) is 0 Å². The minimum absolute atomic E-state index is 0.135. The summed E-state index contributed by atoms with van der Waals surface area (Å²) in [6.45, 7) is 1.69. The van der Waals surface area contributed by atoms with E-state index in [-0.39, 0.29) is 6.61 Å². The number of methoxy groups -OCH3 is 1. The Morgan fingerprint density at radius 1 is 1.41 bits per heavy atom. The standard InChI is InChI=1S/C10H13F2NO3S/c1-7(6-16-2)13-17(14,15)10-5-8(11)3-4-9(10)12/h3-5,7,13H,6H2,1-2H3. The Morgan fingerprint density at radius 2 is 2.06 bits per heavy atom. The lowest BCUT2D eigenvalue weighted by molar-refractivity contribution is 0.180. The third kappa shape index (κ3) is 3.72. The van der Waals surface area contributed by atoms with Crippen LogP contribution in [0.25, 0.3) is 0 Å². The lowest BCUT2D eigenvalue weighted by atomic mass is 10.3. The van der Waals surface area contributed by atoms with Crippen LogP contribution in [0.1, 0.15) is 6.92 Å². The fraction of sp³-hybridized carbons (Fsp3) is 0.400. The molecular weight excluding hydrogens is 252 g/mol. The Morgan fingerprint density at radius 3 is 2.65 bits per heavy atom. The summed E-state index contributed by atoms with van der Waals surface area (Å²) in [7, 11) is -2.67. The maximum Gasteiger partial charge on any atom is 0.243 e. The highest BCUT2D eigenvalue weighted by atomic mass is 32.2. The van der Waals surface area contributed by atoms with E-state index in [4.69, 9.17) is 4.74 Å². The van der Waals surface area contributed by atoms with E-state index in [9.17, 15) is 17.2 Å². The van der Waals surface area contributed by atoms with Crippen LogP contribution in [0.2, 0.25) is 0 Å². The van der Waals surface area contributed by atoms with E-state index < -0.39 is 32.6 Å². The SMILES string of the molecule is COCC(C)NS(=O)(=O)c1cc(F)ccc1F. The fourth-order valence-corrected chi connectivity index (χ4v) is 2.61. The molecule has 96 valence electrons. The molecule has 0 amide bonds. The molecule has 0 saturated carbocycles. The van der Waals surface area contributed by atoms with E-state index in [1.807, 2.05) is 0 Å². The zero-order chi connectivity index (χ0) is 13.1. The summed E-state index contributed by atoms with van der Waals surface area (Å²) in [4.78, 5) is -0.708. The molecule has 1 atom stereocenters. The fourth-order valence-electron chi connectivity index (χ4n) is 1.30. The Bertz CT molecular complexity index is 490. The maximum atomic E-state index is 13.3. The molecule has 1 aromatic rings. The number of benzene rings is 1. The van der Waals surface area contributed by atoms with Crippen LogP contribution in [0, 0.1) is 11.6 Å². The van der Waals surface area contributed by atoms with E-state index in [2.05, 4.69) is 4.72 Å². The van der Waals surface area contributed by atoms with E-state index in [0.29, 0.717) is 6.07 Å². The number of nitrogens with one attached hydrogen (secondary N) is 1. The predicted octanol–water partition coefficient (Wildman–Crippen LogP) is 1.28. The minimum Gasteiger partial charge on any atom is -0.383 e. The van der Waals surface area contributed by atoms with Gasteiger partial charge in [-0.1, -0.05) is 0 Å². The first-order valence-corrected chi connectivity index (χ1v) is 6.31. The molecule has 1 aromatic carbocycles. The van der Waals surface area contributed by atoms with Crippen molar-refractivity contribution < 1.29 is 21.9 Å². The first-order chi connectivity index (χ1) is 7.86. The number of hydrogen-bond donors (Lipinski definition) is 1. The molecule has 1 N–H and O–H groups in total. The molecule has 0 radical (unpaired) electrons. The van der Waals surface area contributed by atoms with E-state index >= 15 is 0 Å². The summed E-state index contributed by atoms with van der Waals surface area (Å²) in [5, 5.41) is 0. The molecule has 0 aliphatic heterocycles. The summed E-state index contributed by atoms with van der Waals surface area (Å²) >= 11 is 0. The molecule has 1 rings (SSSR count). The second-order valence-corrected chi connectivity index (χ2v) is 5.23. The highest BCUT2D eigenvalue weighted by molar-refractivity contribution is 7.89. The maximum absolute atomic E-state index is 13.3. The van der Waals surface area contributed by atoms with Gasteiger partial charge in [0.05, 0.1) is 6.61 Å². The van der Waals surface area contributed by atoms with Crippen molar-refractivity contribution in [1.29, 1.82) is 0 Å². The largest absolute Gasteiger partial charge is 0.383 e. The van der Waals surface area contributed by atoms with E-state index in [1.54, 1.807) is 6.92 Å². The van der Waals surface area contributed by atoms with Gasteiger partial charge in [0, 0.05) is 13.2 Å². The van der Waals surface area contributed by atoms with Gasteiger partial charge in [0.15, 0.2) is 0 Å². The molecule has 7 heteroatoms. The van der Waals surface area contributed by atoms with Crippen LogP contribution in [-0.2, 0) is 14.8 Å². The highest BCUT2D eigenvalue weighted by Crippen LogP contribution is 2.15. The molecule has 0 aromatic heterocycles. The summed E-state index contributed by atoms with van der Waals surface area (Å²) < 4.78 is 56.5. The first-order valence-electron chi connectivity index (χ1n) is 4.83. The Balaban J connectivity index is 3.01. The van der Waals surface area contributed by atoms with Crippen molar-refractivity contribution >= 4 is 10.0 Å². The Kier molecular flexibility index (Phi) is 4.55. The molecule has 17 heavy (non-hydrogen) atoms. The molecule has 0 saturated heterocycles. The Labute approximate surface area is 98.6 Å². The highest BCUT2D eigenvalue weighted by Gasteiger charge is 2.21. The van der Waals surface area contributed by atoms with Crippen LogP contribution in [0.5, 0.6) is 0 Å². The lowest BCUT2D eigenvalue weighted by Gasteiger charge is -2.13. The Hall–Kier alpha value is -1.05. The molecule has 4 nitrogen and oxygen atoms in total. The predicted molar refractivity (Wildman–Crippen MR) is 58.0 cm³/mol. The quantitative estimate of drug-likeness (QED) is 0.872. The van der Waals surface area contributed by atoms with Crippen LogP contribution < -0.4 is 4.72 Å². The van der Waals surface area contributed by atoms with Gasteiger partial charge in [0.2, 0.25) is 10.0 Å². The number of ether oxygens (including phenoxy) is 1. The van der Waals surface area contributed by atoms with Gasteiger partial charge in [-0.05, 0) is 25.1 Å². The van der Waals surface area contributed by atoms with Crippen LogP contribution in [0.15, 0.2) is 23.1 Å². The number of sulfonamides is 1. The third-order valence-corrected chi connectivity index (χ3v) is 3.56. The zero-order valence-corrected chi connectivity index (χ0v) is 10.2. The summed E-state index contributed by atoms with van der Waals surface area (Å²) in [6.07, 6.45) is 0. The van der Waals surface area contributed by atoms with Gasteiger partial charge in [-0.25, -0.2) is 21.9 Å². The van der Waals surface area contributed by atoms with Crippen molar-refractivity contribution in [3.05, 3.63) is 29.8 Å². The summed E-state index contributed by atoms with van der Waals surface area (Å²) in [5.74, 6) is -1.81. The number of hydrogen-bond acceptors (Lipinski definition) is 3. The van der Waals surface area contributed by atoms with Gasteiger partial charge in [-0.2, -0.15) is 0 Å². The zero-order valence-electron chi connectivity index (χ0n) is 9.41. The average molecular weight is 265 g/mol. The third-order valence-electron chi connectivity index (χ3n) is 1.96. The molecule has 0 heterocycles. The van der Waals surface area contributed by atoms with Crippen molar-refractivity contribution in [3.63, 3.8) is 0 Å². The van der Waals surface area contributed by atoms with Crippen LogP contribution >= 0.6 is 0 Å². The van der Waals surface area contributed by atoms with Gasteiger partial charge < -0.3 is 4.74 Å². The van der Waals surface area contributed by atoms with Crippen LogP contribution in [-0.4, -0.2) is 28.2 Å². The lowest BCUT2D eigenvalue weighted by Crippen LogP contribution is -2.36. The van der Waals surface area contributed by atoms with Crippen molar-refractivity contribution in [2.45, 2.75) is 17.9 Å². The van der Waals surface area contributed by atoms with E-state index in [1.165, 1.54) is 7.11 Å². The monoisotopic (exact) mass is 265 g/mol. The summed E-state index contributed by atoms with van der Waals surface area (Å²) in [6, 6.07) is 1.72. The van der Waals surface area contributed by atoms with Gasteiger partial charge >= 0.3 is 0 Å². The normalized spacial score (nSPS) is 13.6. The second kappa shape index (κ2) is 5.52. The number of rotatable bonds is 5. The number of halogens is 2. The molecular formula is C10H13F2NO3S. The van der Waals surface area contributed by atoms with Crippen molar-refractivity contribution in [2.75, 3.05) is 13.7 Å². The van der Waals surface area contributed by atoms with Crippen molar-refractivity contribution in [3.8, 4) is 0 Å². The molecule has 0 spiro atoms. The van der Waals surface area contributed by atoms with Crippen LogP contribution in [0.3, 0.4) is 0 Å². The summed E-state index contributed by atoms with van der Waals surface area (Å²) in [5.41, 5.74) is 0. The van der Waals surface area contributed by atoms with E-state index in [0.717, 1.165) is 12.1 Å². The van der Waals surface area contributed by atoms with Gasteiger partial charge in [0.1, 0.15) is 16.5 Å². The minimum atomic E-state index is -4.08. The molecule has 0 aliphatic carbocycles. The molecule has 0 fully saturated rings. The average Bonchev–Trinajstić information content (AvgIpc) is 2.21. The van der Waals surface area contributed by atoms with Gasteiger partial charge in [0.25, 0.3) is 0 Å². The van der Waals surface area contributed by atoms with Crippen molar-refractivity contribution in [1.82, 2.24) is 4.72 Å². The second-order valence-electron chi connectivity index (χ2n) is 3.55. The van der Waals surface area contributed by atoms with Gasteiger partial charge in [-0.15, -0.1) is 0 Å². The van der Waals surface area contributed by atoms with Gasteiger partial charge in [-0.3, -0.25) is 0 Å². The van der Waals surface area contributed by atoms with Crippen LogP contribution in [0.4, 0.5) is 8.78 Å². The smallest absolute Gasteiger partial charge is 0.243 e. The molecule has 1 unspecified atom stereocenters. The molecule has 0 aliphatic rings. The first kappa shape index (κ1) is 14.0. The molecule has 0 bridgehead atoms.